The van der Waals surface area contributed by atoms with E-state index in [-0.39, 0.29) is 5.56 Å². The molecule has 0 aliphatic rings. The van der Waals surface area contributed by atoms with Gasteiger partial charge in [0.15, 0.2) is 6.29 Å². The maximum Gasteiger partial charge on any atom is 0.155 e. The smallest absolute Gasteiger partial charge is 0.155 e. The Kier molecular flexibility index (Phi) is 3.65. The van der Waals surface area contributed by atoms with Crippen molar-refractivity contribution in [3.05, 3.63) is 58.9 Å². The molecule has 0 unspecified atom stereocenters. The van der Waals surface area contributed by atoms with E-state index in [1.807, 2.05) is 37.9 Å². The molecular weight excluding hydrogens is 241 g/mol. The number of benzene rings is 2. The highest BCUT2D eigenvalue weighted by molar-refractivity contribution is 5.87. The molecule has 0 spiro atoms. The first-order chi connectivity index (χ1) is 9.04. The number of rotatable bonds is 3. The summed E-state index contributed by atoms with van der Waals surface area (Å²) < 4.78 is 13.6. The van der Waals surface area contributed by atoms with Crippen LogP contribution in [-0.4, -0.2) is 13.3 Å². The van der Waals surface area contributed by atoms with Crippen LogP contribution in [0, 0.1) is 19.7 Å². The van der Waals surface area contributed by atoms with Gasteiger partial charge in [-0.15, -0.1) is 0 Å². The van der Waals surface area contributed by atoms with Crippen molar-refractivity contribution < 1.29 is 9.18 Å². The second kappa shape index (κ2) is 5.22. The molecule has 0 heterocycles. The summed E-state index contributed by atoms with van der Waals surface area (Å²) in [7, 11) is 1.83. The van der Waals surface area contributed by atoms with Crippen LogP contribution in [0.4, 0.5) is 15.8 Å². The fourth-order valence-corrected chi connectivity index (χ4v) is 2.25. The molecule has 0 aliphatic heterocycles. The molecule has 2 aromatic carbocycles. The fourth-order valence-electron chi connectivity index (χ4n) is 2.25. The summed E-state index contributed by atoms with van der Waals surface area (Å²) in [5.74, 6) is -0.496. The van der Waals surface area contributed by atoms with Crippen LogP contribution in [0.2, 0.25) is 0 Å². The summed E-state index contributed by atoms with van der Waals surface area (Å²) in [6.45, 7) is 4.02. The van der Waals surface area contributed by atoms with Crippen molar-refractivity contribution >= 4 is 17.7 Å². The van der Waals surface area contributed by atoms with Crippen molar-refractivity contribution in [2.75, 3.05) is 11.9 Å². The lowest BCUT2D eigenvalue weighted by molar-refractivity contribution is 0.112. The summed E-state index contributed by atoms with van der Waals surface area (Å²) in [5, 5.41) is 0. The molecule has 0 bridgehead atoms. The van der Waals surface area contributed by atoms with Gasteiger partial charge in [0.05, 0.1) is 11.3 Å². The molecule has 2 aromatic rings. The lowest BCUT2D eigenvalue weighted by Crippen LogP contribution is -2.13. The fraction of sp³-hybridized carbons (Fsp3) is 0.188. The number of aldehydes is 1. The molecule has 2 rings (SSSR count). The van der Waals surface area contributed by atoms with Crippen LogP contribution >= 0.6 is 0 Å². The Hall–Kier alpha value is -2.16. The molecule has 0 radical (unpaired) electrons. The van der Waals surface area contributed by atoms with Crippen LogP contribution < -0.4 is 4.90 Å². The molecule has 0 fully saturated rings. The summed E-state index contributed by atoms with van der Waals surface area (Å²) in [6.07, 6.45) is 0.560. The highest BCUT2D eigenvalue weighted by Gasteiger charge is 2.14. The lowest BCUT2D eigenvalue weighted by Gasteiger charge is -2.23. The van der Waals surface area contributed by atoms with Crippen molar-refractivity contribution in [2.45, 2.75) is 13.8 Å². The molecule has 0 atom stereocenters. The third-order valence-electron chi connectivity index (χ3n) is 3.22. The molecule has 19 heavy (non-hydrogen) atoms. The maximum absolute atomic E-state index is 13.6. The van der Waals surface area contributed by atoms with Crippen molar-refractivity contribution in [1.82, 2.24) is 0 Å². The Bertz CT molecular complexity index is 622. The predicted molar refractivity (Wildman–Crippen MR) is 75.8 cm³/mol. The van der Waals surface area contributed by atoms with Gasteiger partial charge in [-0.2, -0.15) is 0 Å². The van der Waals surface area contributed by atoms with Crippen LogP contribution in [-0.2, 0) is 0 Å². The molecule has 98 valence electrons. The second-order valence-electron chi connectivity index (χ2n) is 4.64. The lowest BCUT2D eigenvalue weighted by atomic mass is 10.1. The first-order valence-corrected chi connectivity index (χ1v) is 6.09. The summed E-state index contributed by atoms with van der Waals surface area (Å²) in [5.41, 5.74) is 3.87. The zero-order chi connectivity index (χ0) is 14.0. The van der Waals surface area contributed by atoms with E-state index >= 15 is 0 Å². The average molecular weight is 257 g/mol. The monoisotopic (exact) mass is 257 g/mol. The molecule has 0 saturated carbocycles. The molecule has 0 saturated heterocycles. The van der Waals surface area contributed by atoms with Crippen LogP contribution in [0.25, 0.3) is 0 Å². The number of nitrogens with zero attached hydrogens (tertiary/aromatic N) is 1. The average Bonchev–Trinajstić information content (AvgIpc) is 2.37. The number of hydrogen-bond acceptors (Lipinski definition) is 2. The van der Waals surface area contributed by atoms with Gasteiger partial charge in [0.2, 0.25) is 0 Å². The topological polar surface area (TPSA) is 20.3 Å². The SMILES string of the molecule is Cc1ccc(N(C)c2cccc(F)c2C=O)c(C)c1. The number of carbonyl (C=O) groups is 1. The van der Waals surface area contributed by atoms with Crippen LogP contribution in [0.1, 0.15) is 21.5 Å². The van der Waals surface area contributed by atoms with Gasteiger partial charge in [0, 0.05) is 12.7 Å². The minimum absolute atomic E-state index is 0.0879. The molecule has 0 amide bonds. The Labute approximate surface area is 112 Å². The highest BCUT2D eigenvalue weighted by atomic mass is 19.1. The molecule has 2 nitrogen and oxygen atoms in total. The van der Waals surface area contributed by atoms with Gasteiger partial charge >= 0.3 is 0 Å². The van der Waals surface area contributed by atoms with E-state index in [0.717, 1.165) is 11.3 Å². The minimum atomic E-state index is -0.496. The van der Waals surface area contributed by atoms with E-state index in [9.17, 15) is 9.18 Å². The second-order valence-corrected chi connectivity index (χ2v) is 4.64. The standard InChI is InChI=1S/C16H16FNO/c1-11-7-8-15(12(2)9-11)18(3)16-6-4-5-14(17)13(16)10-19/h4-10H,1-3H3. The number of aryl methyl sites for hydroxylation is 2. The molecule has 3 heteroatoms. The zero-order valence-electron chi connectivity index (χ0n) is 11.3. The molecule has 0 aliphatic carbocycles. The Morgan fingerprint density at radius 3 is 2.47 bits per heavy atom. The zero-order valence-corrected chi connectivity index (χ0v) is 11.3. The van der Waals surface area contributed by atoms with Crippen LogP contribution in [0.15, 0.2) is 36.4 Å². The van der Waals surface area contributed by atoms with Gasteiger partial charge in [-0.05, 0) is 37.6 Å². The quantitative estimate of drug-likeness (QED) is 0.774. The predicted octanol–water partition coefficient (Wildman–Crippen LogP) is 4.02. The van der Waals surface area contributed by atoms with Crippen molar-refractivity contribution in [3.63, 3.8) is 0 Å². The van der Waals surface area contributed by atoms with Gasteiger partial charge in [0.1, 0.15) is 5.82 Å². The Morgan fingerprint density at radius 1 is 1.11 bits per heavy atom. The number of halogens is 1. The van der Waals surface area contributed by atoms with E-state index in [1.165, 1.54) is 11.6 Å². The third-order valence-corrected chi connectivity index (χ3v) is 3.22. The number of anilines is 2. The van der Waals surface area contributed by atoms with E-state index in [1.54, 1.807) is 12.1 Å². The van der Waals surface area contributed by atoms with E-state index in [2.05, 4.69) is 6.07 Å². The normalized spacial score (nSPS) is 10.3. The number of hydrogen-bond donors (Lipinski definition) is 0. The molecule has 0 N–H and O–H groups in total. The Morgan fingerprint density at radius 2 is 1.84 bits per heavy atom. The van der Waals surface area contributed by atoms with Crippen molar-refractivity contribution in [2.24, 2.45) is 0 Å². The minimum Gasteiger partial charge on any atom is -0.344 e. The third kappa shape index (κ3) is 2.50. The van der Waals surface area contributed by atoms with Crippen molar-refractivity contribution in [1.29, 1.82) is 0 Å². The van der Waals surface area contributed by atoms with Gasteiger partial charge in [-0.3, -0.25) is 4.79 Å². The maximum atomic E-state index is 13.6. The van der Waals surface area contributed by atoms with E-state index in [4.69, 9.17) is 0 Å². The van der Waals surface area contributed by atoms with E-state index in [0.29, 0.717) is 12.0 Å². The summed E-state index contributed by atoms with van der Waals surface area (Å²) in [6, 6.07) is 10.7. The van der Waals surface area contributed by atoms with Gasteiger partial charge in [-0.25, -0.2) is 4.39 Å². The van der Waals surface area contributed by atoms with E-state index < -0.39 is 5.82 Å². The van der Waals surface area contributed by atoms with Crippen LogP contribution in [0.3, 0.4) is 0 Å². The first-order valence-electron chi connectivity index (χ1n) is 6.09. The van der Waals surface area contributed by atoms with Gasteiger partial charge in [-0.1, -0.05) is 23.8 Å². The van der Waals surface area contributed by atoms with Gasteiger partial charge in [0.25, 0.3) is 0 Å². The van der Waals surface area contributed by atoms with Crippen LogP contribution in [0.5, 0.6) is 0 Å². The summed E-state index contributed by atoms with van der Waals surface area (Å²) >= 11 is 0. The molecule has 0 aromatic heterocycles. The Balaban J connectivity index is 2.52. The first kappa shape index (κ1) is 13.3. The summed E-state index contributed by atoms with van der Waals surface area (Å²) in [4.78, 5) is 12.9. The highest BCUT2D eigenvalue weighted by Crippen LogP contribution is 2.30. The van der Waals surface area contributed by atoms with Gasteiger partial charge < -0.3 is 4.90 Å². The largest absolute Gasteiger partial charge is 0.344 e. The van der Waals surface area contributed by atoms with Crippen molar-refractivity contribution in [3.8, 4) is 0 Å². The molecular formula is C16H16FNO. The number of carbonyl (C=O) groups excluding carboxylic acids is 1.